The van der Waals surface area contributed by atoms with Gasteiger partial charge in [0.2, 0.25) is 0 Å². The fourth-order valence-electron chi connectivity index (χ4n) is 2.32. The van der Waals surface area contributed by atoms with Crippen molar-refractivity contribution in [3.05, 3.63) is 70.1 Å². The molecular weight excluding hydrogens is 388 g/mol. The fraction of sp³-hybridized carbons (Fsp3) is 0.111. The summed E-state index contributed by atoms with van der Waals surface area (Å²) in [4.78, 5) is 15.3. The monoisotopic (exact) mass is 404 g/mol. The average molecular weight is 405 g/mol. The second kappa shape index (κ2) is 7.32. The van der Waals surface area contributed by atoms with Gasteiger partial charge in [0, 0.05) is 0 Å². The molecular formula is C18H16N2O3S3. The molecule has 1 amide bonds. The SMILES string of the molecule is Cc1ccc(/C=C2\SC(=S)N(NS(=O)(=O)c3ccccc3)C2=O)cc1C. The minimum absolute atomic E-state index is 0.0622. The summed E-state index contributed by atoms with van der Waals surface area (Å²) in [6.07, 6.45) is 1.71. The van der Waals surface area contributed by atoms with Crippen LogP contribution in [-0.2, 0) is 14.8 Å². The third-order valence-corrected chi connectivity index (χ3v) is 6.51. The number of sulfonamides is 1. The summed E-state index contributed by atoms with van der Waals surface area (Å²) >= 11 is 6.24. The highest BCUT2D eigenvalue weighted by Crippen LogP contribution is 2.32. The van der Waals surface area contributed by atoms with Crippen LogP contribution in [0.4, 0.5) is 0 Å². The zero-order valence-corrected chi connectivity index (χ0v) is 16.5. The van der Waals surface area contributed by atoms with Gasteiger partial charge in [0.25, 0.3) is 15.9 Å². The van der Waals surface area contributed by atoms with Gasteiger partial charge in [-0.1, -0.05) is 60.4 Å². The van der Waals surface area contributed by atoms with Crippen molar-refractivity contribution in [1.29, 1.82) is 0 Å². The smallest absolute Gasteiger partial charge is 0.267 e. The maximum Gasteiger partial charge on any atom is 0.281 e. The molecule has 1 N–H and O–H groups in total. The number of hydrogen-bond acceptors (Lipinski definition) is 5. The molecule has 0 aliphatic carbocycles. The van der Waals surface area contributed by atoms with Crippen LogP contribution in [0.3, 0.4) is 0 Å². The third-order valence-electron chi connectivity index (χ3n) is 3.89. The Morgan fingerprint density at radius 1 is 1.08 bits per heavy atom. The zero-order valence-electron chi connectivity index (χ0n) is 14.1. The molecule has 0 atom stereocenters. The molecule has 1 saturated heterocycles. The lowest BCUT2D eigenvalue weighted by Crippen LogP contribution is -2.44. The Morgan fingerprint density at radius 2 is 1.77 bits per heavy atom. The first-order valence-corrected chi connectivity index (χ1v) is 10.4. The number of nitrogens with one attached hydrogen (secondary N) is 1. The van der Waals surface area contributed by atoms with Gasteiger partial charge in [-0.25, -0.2) is 13.4 Å². The van der Waals surface area contributed by atoms with E-state index in [1.54, 1.807) is 24.3 Å². The van der Waals surface area contributed by atoms with E-state index in [0.717, 1.165) is 33.5 Å². The third kappa shape index (κ3) is 3.88. The molecule has 0 bridgehead atoms. The van der Waals surface area contributed by atoms with Crippen LogP contribution in [0.25, 0.3) is 6.08 Å². The molecule has 5 nitrogen and oxygen atoms in total. The second-order valence-corrected chi connectivity index (χ2v) is 9.11. The first-order chi connectivity index (χ1) is 12.3. The number of amides is 1. The van der Waals surface area contributed by atoms with Crippen LogP contribution in [0, 0.1) is 13.8 Å². The Labute approximate surface area is 162 Å². The summed E-state index contributed by atoms with van der Waals surface area (Å²) in [6, 6.07) is 13.7. The number of carbonyl (C=O) groups excluding carboxylic acids is 1. The van der Waals surface area contributed by atoms with Crippen LogP contribution in [0.1, 0.15) is 16.7 Å². The van der Waals surface area contributed by atoms with Crippen molar-refractivity contribution in [3.63, 3.8) is 0 Å². The molecule has 3 rings (SSSR count). The van der Waals surface area contributed by atoms with E-state index in [-0.39, 0.29) is 9.22 Å². The maximum absolute atomic E-state index is 12.6. The molecule has 2 aromatic carbocycles. The lowest BCUT2D eigenvalue weighted by atomic mass is 10.1. The highest BCUT2D eigenvalue weighted by atomic mass is 32.2. The molecule has 2 aromatic rings. The van der Waals surface area contributed by atoms with E-state index < -0.39 is 15.9 Å². The van der Waals surface area contributed by atoms with E-state index in [2.05, 4.69) is 4.83 Å². The van der Waals surface area contributed by atoms with Gasteiger partial charge in [0.05, 0.1) is 9.80 Å². The highest BCUT2D eigenvalue weighted by molar-refractivity contribution is 8.26. The van der Waals surface area contributed by atoms with Crippen LogP contribution in [-0.4, -0.2) is 23.7 Å². The lowest BCUT2D eigenvalue weighted by molar-refractivity contribution is -0.123. The van der Waals surface area contributed by atoms with E-state index in [0.29, 0.717) is 4.91 Å². The Balaban J connectivity index is 1.85. The van der Waals surface area contributed by atoms with E-state index in [9.17, 15) is 13.2 Å². The first-order valence-electron chi connectivity index (χ1n) is 7.70. The van der Waals surface area contributed by atoms with Crippen LogP contribution >= 0.6 is 24.0 Å². The van der Waals surface area contributed by atoms with Gasteiger partial charge < -0.3 is 0 Å². The number of carbonyl (C=O) groups is 1. The molecule has 0 spiro atoms. The number of nitrogens with zero attached hydrogens (tertiary/aromatic N) is 1. The van der Waals surface area contributed by atoms with Gasteiger partial charge in [-0.05, 0) is 48.7 Å². The van der Waals surface area contributed by atoms with Gasteiger partial charge in [-0.15, -0.1) is 4.83 Å². The van der Waals surface area contributed by atoms with Crippen molar-refractivity contribution in [2.75, 3.05) is 0 Å². The Bertz CT molecular complexity index is 1020. The van der Waals surface area contributed by atoms with Crippen LogP contribution in [0.2, 0.25) is 0 Å². The van der Waals surface area contributed by atoms with E-state index in [1.807, 2.05) is 32.0 Å². The molecule has 134 valence electrons. The molecule has 1 aliphatic heterocycles. The number of rotatable bonds is 4. The molecule has 0 aromatic heterocycles. The summed E-state index contributed by atoms with van der Waals surface area (Å²) in [6.45, 7) is 4.00. The molecule has 0 radical (unpaired) electrons. The van der Waals surface area contributed by atoms with Gasteiger partial charge in [0.1, 0.15) is 0 Å². The lowest BCUT2D eigenvalue weighted by Gasteiger charge is -2.15. The van der Waals surface area contributed by atoms with Crippen molar-refractivity contribution in [3.8, 4) is 0 Å². The maximum atomic E-state index is 12.6. The Morgan fingerprint density at radius 3 is 2.42 bits per heavy atom. The molecule has 8 heteroatoms. The number of benzene rings is 2. The van der Waals surface area contributed by atoms with Crippen molar-refractivity contribution in [2.24, 2.45) is 0 Å². The van der Waals surface area contributed by atoms with Crippen molar-refractivity contribution in [1.82, 2.24) is 9.84 Å². The minimum atomic E-state index is -3.89. The molecule has 1 fully saturated rings. The Hall–Kier alpha value is -2.00. The van der Waals surface area contributed by atoms with Crippen molar-refractivity contribution >= 4 is 50.3 Å². The summed E-state index contributed by atoms with van der Waals surface area (Å²) in [5.41, 5.74) is 3.13. The van der Waals surface area contributed by atoms with Gasteiger partial charge in [-0.3, -0.25) is 4.79 Å². The van der Waals surface area contributed by atoms with Gasteiger partial charge >= 0.3 is 0 Å². The highest BCUT2D eigenvalue weighted by Gasteiger charge is 2.35. The normalized spacial score (nSPS) is 16.5. The summed E-state index contributed by atoms with van der Waals surface area (Å²) in [5.74, 6) is -0.488. The van der Waals surface area contributed by atoms with E-state index in [1.165, 1.54) is 12.1 Å². The van der Waals surface area contributed by atoms with Crippen LogP contribution in [0.5, 0.6) is 0 Å². The molecule has 0 unspecified atom stereocenters. The largest absolute Gasteiger partial charge is 0.281 e. The molecule has 1 aliphatic rings. The van der Waals surface area contributed by atoms with Crippen LogP contribution < -0.4 is 4.83 Å². The summed E-state index contributed by atoms with van der Waals surface area (Å²) in [7, 11) is -3.89. The van der Waals surface area contributed by atoms with E-state index >= 15 is 0 Å². The molecule has 0 saturated carbocycles. The Kier molecular flexibility index (Phi) is 5.29. The number of thiocarbonyl (C=S) groups is 1. The van der Waals surface area contributed by atoms with Crippen LogP contribution in [0.15, 0.2) is 58.3 Å². The molecule has 1 heterocycles. The zero-order chi connectivity index (χ0) is 18.9. The standard InChI is InChI=1S/C18H16N2O3S3/c1-12-8-9-14(10-13(12)2)11-16-17(21)20(18(24)25-16)19-26(22,23)15-6-4-3-5-7-15/h3-11,19H,1-2H3/b16-11-. The predicted octanol–water partition coefficient (Wildman–Crippen LogP) is 3.40. The number of hydrazine groups is 1. The minimum Gasteiger partial charge on any atom is -0.267 e. The second-order valence-electron chi connectivity index (χ2n) is 5.77. The van der Waals surface area contributed by atoms with Gasteiger partial charge in [0.15, 0.2) is 4.32 Å². The van der Waals surface area contributed by atoms with Crippen molar-refractivity contribution in [2.45, 2.75) is 18.7 Å². The topological polar surface area (TPSA) is 66.5 Å². The molecule has 26 heavy (non-hydrogen) atoms. The fourth-order valence-corrected chi connectivity index (χ4v) is 4.66. The van der Waals surface area contributed by atoms with E-state index in [4.69, 9.17) is 12.2 Å². The van der Waals surface area contributed by atoms with Gasteiger partial charge in [-0.2, -0.15) is 0 Å². The van der Waals surface area contributed by atoms with Crippen molar-refractivity contribution < 1.29 is 13.2 Å². The number of hydrogen-bond donors (Lipinski definition) is 1. The predicted molar refractivity (Wildman–Crippen MR) is 108 cm³/mol. The average Bonchev–Trinajstić information content (AvgIpc) is 2.86. The first kappa shape index (κ1) is 18.8. The number of aryl methyl sites for hydroxylation is 2. The summed E-state index contributed by atoms with van der Waals surface area (Å²) < 4.78 is 25.0. The summed E-state index contributed by atoms with van der Waals surface area (Å²) in [5, 5.41) is 0.898. The number of thioether (sulfide) groups is 1. The quantitative estimate of drug-likeness (QED) is 0.625.